The lowest BCUT2D eigenvalue weighted by Crippen LogP contribution is -2.46. The molecule has 0 amide bonds. The number of allylic oxidation sites excluding steroid dienone is 1. The van der Waals surface area contributed by atoms with Crippen LogP contribution in [-0.2, 0) is 19.7 Å². The van der Waals surface area contributed by atoms with Crippen molar-refractivity contribution < 1.29 is 32.8 Å². The topological polar surface area (TPSA) is 129 Å². The number of hydrogen-bond acceptors (Lipinski definition) is 4. The Labute approximate surface area is 118 Å². The van der Waals surface area contributed by atoms with E-state index >= 15 is 0 Å². The molecule has 116 valence electrons. The van der Waals surface area contributed by atoms with Gasteiger partial charge >= 0.3 is 11.9 Å². The Morgan fingerprint density at radius 3 is 2.15 bits per heavy atom. The molecule has 3 N–H and O–H groups in total. The molecule has 0 aliphatic rings. The smallest absolute Gasteiger partial charge is 0.332 e. The van der Waals surface area contributed by atoms with Crippen LogP contribution in [0.1, 0.15) is 45.4 Å². The van der Waals surface area contributed by atoms with Gasteiger partial charge < -0.3 is 10.2 Å². The van der Waals surface area contributed by atoms with E-state index in [2.05, 4.69) is 0 Å². The fourth-order valence-electron chi connectivity index (χ4n) is 1.68. The number of carboxylic acid groups (broad SMARTS) is 2. The number of aliphatic carboxylic acids is 2. The molecule has 0 radical (unpaired) electrons. The molecule has 0 fully saturated rings. The number of rotatable bonds is 10. The Morgan fingerprint density at radius 2 is 1.75 bits per heavy atom. The van der Waals surface area contributed by atoms with Crippen LogP contribution in [-0.4, -0.2) is 39.9 Å². The summed E-state index contributed by atoms with van der Waals surface area (Å²) in [6.07, 6.45) is 4.91. The van der Waals surface area contributed by atoms with E-state index < -0.39 is 33.2 Å². The van der Waals surface area contributed by atoms with Gasteiger partial charge in [-0.2, -0.15) is 8.42 Å². The minimum absolute atomic E-state index is 0.421. The number of unbranched alkanes of at least 4 members (excludes halogenated alkanes) is 4. The van der Waals surface area contributed by atoms with E-state index in [9.17, 15) is 18.0 Å². The highest BCUT2D eigenvalue weighted by Crippen LogP contribution is 2.24. The highest BCUT2D eigenvalue weighted by atomic mass is 32.2. The molecule has 0 rings (SSSR count). The van der Waals surface area contributed by atoms with Crippen molar-refractivity contribution in [3.8, 4) is 0 Å². The summed E-state index contributed by atoms with van der Waals surface area (Å²) < 4.78 is 28.7. The number of carboxylic acids is 2. The van der Waals surface area contributed by atoms with Crippen LogP contribution in [0.3, 0.4) is 0 Å². The van der Waals surface area contributed by atoms with Gasteiger partial charge in [-0.3, -0.25) is 14.1 Å². The van der Waals surface area contributed by atoms with Crippen LogP contribution >= 0.6 is 0 Å². The quantitative estimate of drug-likeness (QED) is 0.318. The van der Waals surface area contributed by atoms with Crippen LogP contribution in [0, 0.1) is 0 Å². The zero-order valence-corrected chi connectivity index (χ0v) is 12.1. The highest BCUT2D eigenvalue weighted by molar-refractivity contribution is 7.88. The minimum Gasteiger partial charge on any atom is -0.481 e. The molecule has 0 spiro atoms. The Balaban J connectivity index is 5.08. The summed E-state index contributed by atoms with van der Waals surface area (Å²) >= 11 is 0. The van der Waals surface area contributed by atoms with E-state index in [1.165, 1.54) is 6.08 Å². The molecule has 1 unspecified atom stereocenters. The third kappa shape index (κ3) is 5.30. The van der Waals surface area contributed by atoms with Gasteiger partial charge in [0.2, 0.25) is 4.75 Å². The molecule has 0 aliphatic carbocycles. The van der Waals surface area contributed by atoms with Gasteiger partial charge in [0.05, 0.1) is 6.42 Å². The lowest BCUT2D eigenvalue weighted by Gasteiger charge is -2.20. The van der Waals surface area contributed by atoms with Crippen molar-refractivity contribution in [2.45, 2.75) is 50.2 Å². The number of carbonyl (C=O) groups is 2. The highest BCUT2D eigenvalue weighted by Gasteiger charge is 2.50. The van der Waals surface area contributed by atoms with Crippen LogP contribution < -0.4 is 0 Å². The zero-order chi connectivity index (χ0) is 15.8. The van der Waals surface area contributed by atoms with Gasteiger partial charge in [0, 0.05) is 0 Å². The maximum Gasteiger partial charge on any atom is 0.332 e. The summed E-state index contributed by atoms with van der Waals surface area (Å²) in [5, 5.41) is 17.7. The van der Waals surface area contributed by atoms with Crippen molar-refractivity contribution in [2.75, 3.05) is 0 Å². The lowest BCUT2D eigenvalue weighted by atomic mass is 10.0. The first kappa shape index (κ1) is 18.6. The van der Waals surface area contributed by atoms with Gasteiger partial charge in [-0.25, -0.2) is 0 Å². The van der Waals surface area contributed by atoms with Crippen molar-refractivity contribution in [2.24, 2.45) is 0 Å². The van der Waals surface area contributed by atoms with Crippen molar-refractivity contribution in [1.82, 2.24) is 0 Å². The lowest BCUT2D eigenvalue weighted by molar-refractivity contribution is -0.145. The predicted molar refractivity (Wildman–Crippen MR) is 72.1 cm³/mol. The average Bonchev–Trinajstić information content (AvgIpc) is 2.29. The zero-order valence-electron chi connectivity index (χ0n) is 11.3. The largest absolute Gasteiger partial charge is 0.481 e. The summed E-state index contributed by atoms with van der Waals surface area (Å²) in [4.78, 5) is 21.8. The van der Waals surface area contributed by atoms with E-state index in [0.29, 0.717) is 6.42 Å². The average molecular weight is 308 g/mol. The van der Waals surface area contributed by atoms with Gasteiger partial charge in [0.1, 0.15) is 0 Å². The molecule has 0 saturated carbocycles. The fraction of sp³-hybridized carbons (Fsp3) is 0.667. The summed E-state index contributed by atoms with van der Waals surface area (Å²) in [5.74, 6) is -3.53. The summed E-state index contributed by atoms with van der Waals surface area (Å²) in [5.41, 5.74) is 0. The Hall–Kier alpha value is -1.41. The first-order chi connectivity index (χ1) is 9.17. The minimum atomic E-state index is -5.09. The second-order valence-electron chi connectivity index (χ2n) is 4.49. The second kappa shape index (κ2) is 8.01. The summed E-state index contributed by atoms with van der Waals surface area (Å²) in [7, 11) is -5.09. The number of hydrogen-bond donors (Lipinski definition) is 3. The second-order valence-corrected chi connectivity index (χ2v) is 6.17. The molecular formula is C12H20O7S. The third-order valence-corrected chi connectivity index (χ3v) is 4.22. The van der Waals surface area contributed by atoms with Gasteiger partial charge in [0.25, 0.3) is 10.1 Å². The van der Waals surface area contributed by atoms with E-state index in [-0.39, 0.29) is 0 Å². The van der Waals surface area contributed by atoms with Crippen LogP contribution in [0.25, 0.3) is 0 Å². The normalized spacial score (nSPS) is 15.1. The Morgan fingerprint density at radius 1 is 1.15 bits per heavy atom. The molecule has 8 heteroatoms. The molecule has 0 aromatic rings. The van der Waals surface area contributed by atoms with Gasteiger partial charge in [0.15, 0.2) is 0 Å². The van der Waals surface area contributed by atoms with Crippen LogP contribution in [0.2, 0.25) is 0 Å². The van der Waals surface area contributed by atoms with Crippen LogP contribution in [0.5, 0.6) is 0 Å². The van der Waals surface area contributed by atoms with Gasteiger partial charge in [-0.15, -0.1) is 0 Å². The van der Waals surface area contributed by atoms with Crippen molar-refractivity contribution in [3.63, 3.8) is 0 Å². The van der Waals surface area contributed by atoms with Crippen LogP contribution in [0.15, 0.2) is 12.2 Å². The molecule has 0 heterocycles. The molecule has 0 aromatic heterocycles. The molecule has 20 heavy (non-hydrogen) atoms. The molecular weight excluding hydrogens is 288 g/mol. The molecule has 1 atom stereocenters. The summed E-state index contributed by atoms with van der Waals surface area (Å²) in [6, 6.07) is 0. The first-order valence-corrected chi connectivity index (χ1v) is 7.71. The van der Waals surface area contributed by atoms with Crippen molar-refractivity contribution in [3.05, 3.63) is 12.2 Å². The Bertz CT molecular complexity index is 466. The summed E-state index contributed by atoms with van der Waals surface area (Å²) in [6.45, 7) is 2.02. The molecule has 0 saturated heterocycles. The predicted octanol–water partition coefficient (Wildman–Crippen LogP) is 1.70. The van der Waals surface area contributed by atoms with Crippen LogP contribution in [0.4, 0.5) is 0 Å². The van der Waals surface area contributed by atoms with E-state index in [4.69, 9.17) is 14.8 Å². The molecule has 0 bridgehead atoms. The monoisotopic (exact) mass is 308 g/mol. The van der Waals surface area contributed by atoms with E-state index in [1.54, 1.807) is 0 Å². The third-order valence-electron chi connectivity index (χ3n) is 2.85. The SMILES string of the molecule is CCCCCCC=CC(CC(=O)O)(C(=O)O)S(=O)(=O)O. The maximum atomic E-state index is 11.3. The van der Waals surface area contributed by atoms with E-state index in [1.807, 2.05) is 6.92 Å². The molecule has 7 nitrogen and oxygen atoms in total. The van der Waals surface area contributed by atoms with E-state index in [0.717, 1.165) is 31.8 Å². The van der Waals surface area contributed by atoms with Crippen molar-refractivity contribution in [1.29, 1.82) is 0 Å². The fourth-order valence-corrected chi connectivity index (χ4v) is 2.48. The Kier molecular flexibility index (Phi) is 7.44. The standard InChI is InChI=1S/C12H20O7S/c1-2-3-4-5-6-7-8-12(11(15)16,9-10(13)14)20(17,18)19/h7-8H,2-6,9H2,1H3,(H,13,14)(H,15,16)(H,17,18,19). The maximum absolute atomic E-state index is 11.3. The van der Waals surface area contributed by atoms with Gasteiger partial charge in [-0.05, 0) is 12.8 Å². The molecule has 0 aromatic carbocycles. The van der Waals surface area contributed by atoms with Gasteiger partial charge in [-0.1, -0.05) is 38.3 Å². The van der Waals surface area contributed by atoms with Crippen molar-refractivity contribution >= 4 is 22.1 Å². The molecule has 0 aliphatic heterocycles. The first-order valence-electron chi connectivity index (χ1n) is 6.27.